The fourth-order valence-electron chi connectivity index (χ4n) is 1.80. The molecular formula is C13H20N4O3. The Balaban J connectivity index is 2.54. The third kappa shape index (κ3) is 4.42. The van der Waals surface area contributed by atoms with Gasteiger partial charge in [0.25, 0.3) is 0 Å². The summed E-state index contributed by atoms with van der Waals surface area (Å²) in [5.74, 6) is -1.09. The van der Waals surface area contributed by atoms with Crippen LogP contribution in [0.3, 0.4) is 0 Å². The monoisotopic (exact) mass is 280 g/mol. The topological polar surface area (TPSA) is 96.3 Å². The van der Waals surface area contributed by atoms with E-state index in [2.05, 4.69) is 22.3 Å². The first-order valence-corrected chi connectivity index (χ1v) is 6.37. The molecule has 1 heterocycles. The van der Waals surface area contributed by atoms with E-state index in [1.165, 1.54) is 6.08 Å². The maximum absolute atomic E-state index is 11.7. The number of nitrogens with zero attached hydrogens (tertiary/aromatic N) is 2. The summed E-state index contributed by atoms with van der Waals surface area (Å²) < 4.78 is 1.69. The van der Waals surface area contributed by atoms with Gasteiger partial charge in [0.2, 0.25) is 0 Å². The minimum absolute atomic E-state index is 0.176. The lowest BCUT2D eigenvalue weighted by Gasteiger charge is -2.13. The molecule has 0 spiro atoms. The van der Waals surface area contributed by atoms with Crippen molar-refractivity contribution in [2.45, 2.75) is 32.4 Å². The van der Waals surface area contributed by atoms with Crippen molar-refractivity contribution in [3.8, 4) is 0 Å². The van der Waals surface area contributed by atoms with Crippen LogP contribution < -0.4 is 10.6 Å². The number of carbonyl (C=O) groups is 2. The molecule has 2 amide bonds. The summed E-state index contributed by atoms with van der Waals surface area (Å²) in [6.07, 6.45) is 4.23. The predicted molar refractivity (Wildman–Crippen MR) is 74.2 cm³/mol. The van der Waals surface area contributed by atoms with Crippen molar-refractivity contribution in [2.75, 3.05) is 0 Å². The van der Waals surface area contributed by atoms with Gasteiger partial charge in [-0.15, -0.1) is 6.58 Å². The minimum atomic E-state index is -1.09. The zero-order valence-corrected chi connectivity index (χ0v) is 11.7. The molecule has 0 aromatic carbocycles. The number of rotatable bonds is 7. The number of urea groups is 1. The molecule has 1 aromatic rings. The summed E-state index contributed by atoms with van der Waals surface area (Å²) in [6, 6.07) is -1.49. The van der Waals surface area contributed by atoms with Crippen molar-refractivity contribution in [3.63, 3.8) is 0 Å². The lowest BCUT2D eigenvalue weighted by molar-refractivity contribution is -0.139. The number of carboxylic acid groups (broad SMARTS) is 1. The Morgan fingerprint density at radius 3 is 2.85 bits per heavy atom. The van der Waals surface area contributed by atoms with E-state index in [1.807, 2.05) is 20.2 Å². The molecule has 0 bridgehead atoms. The Labute approximate surface area is 117 Å². The lowest BCUT2D eigenvalue weighted by atomic mass is 10.2. The van der Waals surface area contributed by atoms with Crippen LogP contribution in [-0.2, 0) is 24.8 Å². The first-order chi connectivity index (χ1) is 9.47. The molecular weight excluding hydrogens is 260 g/mol. The van der Waals surface area contributed by atoms with Gasteiger partial charge in [-0.2, -0.15) is 5.10 Å². The van der Waals surface area contributed by atoms with E-state index in [0.29, 0.717) is 6.54 Å². The normalized spacial score (nSPS) is 11.7. The van der Waals surface area contributed by atoms with Crippen LogP contribution in [0.25, 0.3) is 0 Å². The second-order valence-corrected chi connectivity index (χ2v) is 4.37. The van der Waals surface area contributed by atoms with Crippen LogP contribution in [0.1, 0.15) is 24.6 Å². The average Bonchev–Trinajstić information content (AvgIpc) is 2.76. The number of aliphatic carboxylic acids is 1. The fraction of sp³-hybridized carbons (Fsp3) is 0.462. The second-order valence-electron chi connectivity index (χ2n) is 4.37. The van der Waals surface area contributed by atoms with Gasteiger partial charge in [0.05, 0.1) is 5.69 Å². The summed E-state index contributed by atoms with van der Waals surface area (Å²) in [5.41, 5.74) is 1.83. The summed E-state index contributed by atoms with van der Waals surface area (Å²) >= 11 is 0. The highest BCUT2D eigenvalue weighted by atomic mass is 16.4. The summed E-state index contributed by atoms with van der Waals surface area (Å²) in [7, 11) is 1.81. The highest BCUT2D eigenvalue weighted by molar-refractivity contribution is 5.82. The minimum Gasteiger partial charge on any atom is -0.480 e. The van der Waals surface area contributed by atoms with E-state index in [4.69, 9.17) is 5.11 Å². The number of hydrogen-bond acceptors (Lipinski definition) is 3. The van der Waals surface area contributed by atoms with Gasteiger partial charge in [-0.05, 0) is 12.8 Å². The SMILES string of the molecule is C=CCC(NC(=O)NCc1cn(C)nc1CC)C(=O)O. The molecule has 7 nitrogen and oxygen atoms in total. The van der Waals surface area contributed by atoms with E-state index in [1.54, 1.807) is 4.68 Å². The second kappa shape index (κ2) is 7.32. The van der Waals surface area contributed by atoms with Gasteiger partial charge >= 0.3 is 12.0 Å². The maximum atomic E-state index is 11.7. The van der Waals surface area contributed by atoms with Gasteiger partial charge in [0, 0.05) is 25.4 Å². The number of carbonyl (C=O) groups excluding carboxylic acids is 1. The van der Waals surface area contributed by atoms with E-state index in [9.17, 15) is 9.59 Å². The predicted octanol–water partition coefficient (Wildman–Crippen LogP) is 0.811. The molecule has 0 fully saturated rings. The number of aromatic nitrogens is 2. The molecule has 3 N–H and O–H groups in total. The molecule has 0 aliphatic rings. The first kappa shape index (κ1) is 15.7. The summed E-state index contributed by atoms with van der Waals surface area (Å²) in [6.45, 7) is 5.75. The smallest absolute Gasteiger partial charge is 0.326 e. The number of amides is 2. The highest BCUT2D eigenvalue weighted by Gasteiger charge is 2.18. The van der Waals surface area contributed by atoms with Gasteiger partial charge in [-0.1, -0.05) is 13.0 Å². The van der Waals surface area contributed by atoms with E-state index < -0.39 is 18.0 Å². The van der Waals surface area contributed by atoms with Gasteiger partial charge in [0.1, 0.15) is 6.04 Å². The van der Waals surface area contributed by atoms with Crippen molar-refractivity contribution in [2.24, 2.45) is 7.05 Å². The molecule has 1 aromatic heterocycles. The average molecular weight is 280 g/mol. The molecule has 0 aliphatic heterocycles. The quantitative estimate of drug-likeness (QED) is 0.644. The summed E-state index contributed by atoms with van der Waals surface area (Å²) in [4.78, 5) is 22.6. The highest BCUT2D eigenvalue weighted by Crippen LogP contribution is 2.06. The number of carboxylic acids is 1. The van der Waals surface area contributed by atoms with Crippen molar-refractivity contribution < 1.29 is 14.7 Å². The Kier molecular flexibility index (Phi) is 5.76. The molecule has 0 saturated carbocycles. The largest absolute Gasteiger partial charge is 0.480 e. The zero-order valence-electron chi connectivity index (χ0n) is 11.7. The molecule has 110 valence electrons. The Bertz CT molecular complexity index is 496. The lowest BCUT2D eigenvalue weighted by Crippen LogP contribution is -2.45. The maximum Gasteiger partial charge on any atom is 0.326 e. The van der Waals surface area contributed by atoms with Crippen LogP contribution in [0.5, 0.6) is 0 Å². The third-order valence-electron chi connectivity index (χ3n) is 2.77. The molecule has 1 rings (SSSR count). The Morgan fingerprint density at radius 1 is 1.60 bits per heavy atom. The van der Waals surface area contributed by atoms with E-state index in [0.717, 1.165) is 17.7 Å². The van der Waals surface area contributed by atoms with E-state index in [-0.39, 0.29) is 6.42 Å². The van der Waals surface area contributed by atoms with Gasteiger partial charge < -0.3 is 15.7 Å². The van der Waals surface area contributed by atoms with Crippen LogP contribution in [0.15, 0.2) is 18.9 Å². The van der Waals surface area contributed by atoms with Crippen molar-refractivity contribution in [3.05, 3.63) is 30.1 Å². The van der Waals surface area contributed by atoms with Crippen LogP contribution in [0.2, 0.25) is 0 Å². The molecule has 7 heteroatoms. The number of nitrogens with one attached hydrogen (secondary N) is 2. The third-order valence-corrected chi connectivity index (χ3v) is 2.77. The molecule has 0 aliphatic carbocycles. The van der Waals surface area contributed by atoms with Gasteiger partial charge in [0.15, 0.2) is 0 Å². The molecule has 1 unspecified atom stereocenters. The van der Waals surface area contributed by atoms with Crippen LogP contribution >= 0.6 is 0 Å². The number of aryl methyl sites for hydroxylation is 2. The zero-order chi connectivity index (χ0) is 15.1. The molecule has 0 radical (unpaired) electrons. The van der Waals surface area contributed by atoms with Crippen LogP contribution in [0, 0.1) is 0 Å². The van der Waals surface area contributed by atoms with Crippen molar-refractivity contribution in [1.29, 1.82) is 0 Å². The molecule has 1 atom stereocenters. The Hall–Kier alpha value is -2.31. The summed E-state index contributed by atoms with van der Waals surface area (Å²) in [5, 5.41) is 18.2. The number of hydrogen-bond donors (Lipinski definition) is 3. The molecule has 0 saturated heterocycles. The van der Waals surface area contributed by atoms with Crippen molar-refractivity contribution >= 4 is 12.0 Å². The van der Waals surface area contributed by atoms with Gasteiger partial charge in [-0.25, -0.2) is 9.59 Å². The molecule has 20 heavy (non-hydrogen) atoms. The fourth-order valence-corrected chi connectivity index (χ4v) is 1.80. The first-order valence-electron chi connectivity index (χ1n) is 6.37. The van der Waals surface area contributed by atoms with Gasteiger partial charge in [-0.3, -0.25) is 4.68 Å². The van der Waals surface area contributed by atoms with Crippen LogP contribution in [-0.4, -0.2) is 32.9 Å². The standard InChI is InChI=1S/C13H20N4O3/c1-4-6-11(12(18)19)15-13(20)14-7-9-8-17(3)16-10(9)5-2/h4,8,11H,1,5-7H2,2-3H3,(H,18,19)(H2,14,15,20). The van der Waals surface area contributed by atoms with Crippen molar-refractivity contribution in [1.82, 2.24) is 20.4 Å². The van der Waals surface area contributed by atoms with E-state index >= 15 is 0 Å². The van der Waals surface area contributed by atoms with Crippen LogP contribution in [0.4, 0.5) is 4.79 Å². The Morgan fingerprint density at radius 2 is 2.30 bits per heavy atom.